The van der Waals surface area contributed by atoms with Gasteiger partial charge in [-0.2, -0.15) is 0 Å². The maximum Gasteiger partial charge on any atom is 0.313 e. The van der Waals surface area contributed by atoms with Crippen LogP contribution in [0.3, 0.4) is 0 Å². The summed E-state index contributed by atoms with van der Waals surface area (Å²) in [5.74, 6) is -1.07. The van der Waals surface area contributed by atoms with Crippen molar-refractivity contribution in [3.05, 3.63) is 23.8 Å². The molecule has 1 saturated carbocycles. The maximum absolute atomic E-state index is 12.1. The number of aryl methyl sites for hydroxylation is 1. The molecule has 3 N–H and O–H groups in total. The molecule has 3 rings (SSSR count). The monoisotopic (exact) mass is 359 g/mol. The van der Waals surface area contributed by atoms with Crippen LogP contribution in [-0.2, 0) is 14.4 Å². The van der Waals surface area contributed by atoms with E-state index < -0.39 is 17.9 Å². The molecule has 1 aliphatic carbocycles. The minimum atomic E-state index is -0.756. The molecule has 2 fully saturated rings. The van der Waals surface area contributed by atoms with Gasteiger partial charge in [-0.1, -0.05) is 6.07 Å². The number of anilines is 2. The van der Waals surface area contributed by atoms with E-state index >= 15 is 0 Å². The third-order valence-corrected chi connectivity index (χ3v) is 4.93. The van der Waals surface area contributed by atoms with Gasteiger partial charge in [0, 0.05) is 30.9 Å². The van der Waals surface area contributed by atoms with Gasteiger partial charge in [-0.05, 0) is 56.2 Å². The van der Waals surface area contributed by atoms with Crippen LogP contribution in [0.1, 0.15) is 37.7 Å². The normalized spacial score (nSPS) is 17.9. The zero-order chi connectivity index (χ0) is 18.7. The molecule has 0 bridgehead atoms. The van der Waals surface area contributed by atoms with Crippen molar-refractivity contribution in [2.75, 3.05) is 23.3 Å². The Morgan fingerprint density at radius 3 is 2.73 bits per heavy atom. The lowest BCUT2D eigenvalue weighted by atomic mass is 10.1. The van der Waals surface area contributed by atoms with Crippen molar-refractivity contribution in [2.24, 2.45) is 5.92 Å². The molecule has 7 nitrogen and oxygen atoms in total. The highest BCUT2D eigenvalue weighted by atomic mass is 16.3. The Labute approximate surface area is 152 Å². The summed E-state index contributed by atoms with van der Waals surface area (Å²) in [6.07, 6.45) is 3.47. The largest absolute Gasteiger partial charge is 0.393 e. The third-order valence-electron chi connectivity index (χ3n) is 4.93. The van der Waals surface area contributed by atoms with E-state index in [1.807, 2.05) is 13.0 Å². The van der Waals surface area contributed by atoms with Crippen molar-refractivity contribution in [3.8, 4) is 0 Å². The topological polar surface area (TPSA) is 98.7 Å². The Bertz CT molecular complexity index is 715. The Hall–Kier alpha value is -2.41. The van der Waals surface area contributed by atoms with Crippen molar-refractivity contribution < 1.29 is 19.5 Å². The number of nitrogens with one attached hydrogen (secondary N) is 2. The number of hydrogen-bond donors (Lipinski definition) is 3. The highest BCUT2D eigenvalue weighted by molar-refractivity contribution is 6.39. The molecule has 1 unspecified atom stereocenters. The van der Waals surface area contributed by atoms with Crippen LogP contribution in [-0.4, -0.2) is 42.0 Å². The molecule has 2 aliphatic rings. The number of aliphatic hydroxyl groups excluding tert-OH is 1. The predicted molar refractivity (Wildman–Crippen MR) is 97.8 cm³/mol. The van der Waals surface area contributed by atoms with Crippen LogP contribution < -0.4 is 15.5 Å². The second kappa shape index (κ2) is 7.86. The lowest BCUT2D eigenvalue weighted by Crippen LogP contribution is -2.37. The number of benzene rings is 1. The fourth-order valence-corrected chi connectivity index (χ4v) is 3.20. The zero-order valence-electron chi connectivity index (χ0n) is 15.0. The van der Waals surface area contributed by atoms with Gasteiger partial charge in [-0.15, -0.1) is 0 Å². The minimum absolute atomic E-state index is 0.0727. The molecule has 1 atom stereocenters. The number of nitrogens with zero attached hydrogens (tertiary/aromatic N) is 1. The summed E-state index contributed by atoms with van der Waals surface area (Å²) in [7, 11) is 0. The smallest absolute Gasteiger partial charge is 0.313 e. The number of carbonyl (C=O) groups is 3. The molecule has 7 heteroatoms. The molecular weight excluding hydrogens is 334 g/mol. The fourth-order valence-electron chi connectivity index (χ4n) is 3.20. The molecule has 140 valence electrons. The van der Waals surface area contributed by atoms with Crippen molar-refractivity contribution in [1.29, 1.82) is 0 Å². The molecule has 1 aromatic carbocycles. The van der Waals surface area contributed by atoms with E-state index in [9.17, 15) is 19.5 Å². The summed E-state index contributed by atoms with van der Waals surface area (Å²) in [5, 5.41) is 14.9. The first-order valence-corrected chi connectivity index (χ1v) is 9.14. The molecule has 1 saturated heterocycles. The molecular formula is C19H25N3O4. The third kappa shape index (κ3) is 4.40. The summed E-state index contributed by atoms with van der Waals surface area (Å²) < 4.78 is 0. The van der Waals surface area contributed by atoms with Gasteiger partial charge in [0.15, 0.2) is 0 Å². The molecule has 0 radical (unpaired) electrons. The van der Waals surface area contributed by atoms with E-state index in [1.54, 1.807) is 17.0 Å². The van der Waals surface area contributed by atoms with Crippen LogP contribution in [0.15, 0.2) is 18.2 Å². The van der Waals surface area contributed by atoms with E-state index in [-0.39, 0.29) is 12.5 Å². The average molecular weight is 359 g/mol. The van der Waals surface area contributed by atoms with Crippen LogP contribution >= 0.6 is 0 Å². The molecule has 1 aliphatic heterocycles. The van der Waals surface area contributed by atoms with Gasteiger partial charge in [-0.3, -0.25) is 14.4 Å². The number of amides is 3. The summed E-state index contributed by atoms with van der Waals surface area (Å²) in [6, 6.07) is 5.25. The van der Waals surface area contributed by atoms with Crippen LogP contribution in [0, 0.1) is 12.8 Å². The lowest BCUT2D eigenvalue weighted by Gasteiger charge is -2.19. The summed E-state index contributed by atoms with van der Waals surface area (Å²) in [4.78, 5) is 37.6. The molecule has 3 amide bonds. The Balaban J connectivity index is 1.54. The van der Waals surface area contributed by atoms with Gasteiger partial charge >= 0.3 is 11.8 Å². The van der Waals surface area contributed by atoms with Crippen molar-refractivity contribution in [1.82, 2.24) is 5.32 Å². The molecule has 1 heterocycles. The highest BCUT2D eigenvalue weighted by Crippen LogP contribution is 2.33. The number of hydrogen-bond acceptors (Lipinski definition) is 4. The summed E-state index contributed by atoms with van der Waals surface area (Å²) in [6.45, 7) is 2.84. The van der Waals surface area contributed by atoms with Gasteiger partial charge in [-0.25, -0.2) is 0 Å². The van der Waals surface area contributed by atoms with E-state index in [1.165, 1.54) is 0 Å². The lowest BCUT2D eigenvalue weighted by molar-refractivity contribution is -0.136. The zero-order valence-corrected chi connectivity index (χ0v) is 15.0. The van der Waals surface area contributed by atoms with E-state index in [0.717, 1.165) is 30.5 Å². The van der Waals surface area contributed by atoms with Crippen molar-refractivity contribution in [3.63, 3.8) is 0 Å². The highest BCUT2D eigenvalue weighted by Gasteiger charge is 2.29. The van der Waals surface area contributed by atoms with E-state index in [4.69, 9.17) is 0 Å². The van der Waals surface area contributed by atoms with Gasteiger partial charge < -0.3 is 20.6 Å². The maximum atomic E-state index is 12.1. The SMILES string of the molecule is Cc1ccc(NC(=O)C(=O)NCCC(O)C2CC2)cc1N1CCCC1=O. The fraction of sp³-hybridized carbons (Fsp3) is 0.526. The Morgan fingerprint density at radius 1 is 1.31 bits per heavy atom. The minimum Gasteiger partial charge on any atom is -0.393 e. The first-order valence-electron chi connectivity index (χ1n) is 9.14. The van der Waals surface area contributed by atoms with Gasteiger partial charge in [0.2, 0.25) is 5.91 Å². The second-order valence-corrected chi connectivity index (χ2v) is 7.05. The van der Waals surface area contributed by atoms with Crippen LogP contribution in [0.2, 0.25) is 0 Å². The van der Waals surface area contributed by atoms with Gasteiger partial charge in [0.25, 0.3) is 0 Å². The molecule has 26 heavy (non-hydrogen) atoms. The van der Waals surface area contributed by atoms with Crippen LogP contribution in [0.5, 0.6) is 0 Å². The molecule has 0 aromatic heterocycles. The quantitative estimate of drug-likeness (QED) is 0.668. The molecule has 1 aromatic rings. The summed E-state index contributed by atoms with van der Waals surface area (Å²) in [5.41, 5.74) is 2.18. The van der Waals surface area contributed by atoms with Crippen LogP contribution in [0.4, 0.5) is 11.4 Å². The number of rotatable bonds is 6. The van der Waals surface area contributed by atoms with E-state index in [2.05, 4.69) is 10.6 Å². The van der Waals surface area contributed by atoms with Crippen molar-refractivity contribution >= 4 is 29.1 Å². The first kappa shape index (κ1) is 18.4. The van der Waals surface area contributed by atoms with E-state index in [0.29, 0.717) is 31.0 Å². The number of carbonyl (C=O) groups excluding carboxylic acids is 3. The Morgan fingerprint density at radius 2 is 2.08 bits per heavy atom. The average Bonchev–Trinajstić information content (AvgIpc) is 3.38. The summed E-state index contributed by atoms with van der Waals surface area (Å²) >= 11 is 0. The van der Waals surface area contributed by atoms with Crippen LogP contribution in [0.25, 0.3) is 0 Å². The van der Waals surface area contributed by atoms with Gasteiger partial charge in [0.1, 0.15) is 0 Å². The van der Waals surface area contributed by atoms with Gasteiger partial charge in [0.05, 0.1) is 6.10 Å². The van der Waals surface area contributed by atoms with Crippen molar-refractivity contribution in [2.45, 2.75) is 45.1 Å². The second-order valence-electron chi connectivity index (χ2n) is 7.05. The first-order chi connectivity index (χ1) is 12.5. The number of aliphatic hydroxyl groups is 1. The molecule has 0 spiro atoms. The standard InChI is InChI=1S/C19H25N3O4/c1-12-4-7-14(11-15(12)22-10-2-3-17(22)24)21-19(26)18(25)20-9-8-16(23)13-5-6-13/h4,7,11,13,16,23H,2-3,5-6,8-10H2,1H3,(H,20,25)(H,21,26). The predicted octanol–water partition coefficient (Wildman–Crippen LogP) is 1.34. The Kier molecular flexibility index (Phi) is 5.56.